The summed E-state index contributed by atoms with van der Waals surface area (Å²) in [7, 11) is 0. The number of hydrogen-bond acceptors (Lipinski definition) is 5. The zero-order valence-electron chi connectivity index (χ0n) is 11.0. The quantitative estimate of drug-likeness (QED) is 0.922. The molecule has 1 amide bonds. The number of nitrogens with two attached hydrogens (primary N) is 1. The molecule has 0 unspecified atom stereocenters. The van der Waals surface area contributed by atoms with E-state index in [4.69, 9.17) is 5.73 Å². The average molecular weight is 295 g/mol. The highest BCUT2D eigenvalue weighted by Crippen LogP contribution is 2.33. The van der Waals surface area contributed by atoms with Crippen molar-refractivity contribution in [3.05, 3.63) is 22.4 Å². The Hall–Kier alpha value is -1.40. The number of rotatable bonds is 5. The van der Waals surface area contributed by atoms with Gasteiger partial charge in [-0.15, -0.1) is 22.7 Å². The zero-order valence-corrected chi connectivity index (χ0v) is 12.7. The fraction of sp³-hybridized carbons (Fsp3) is 0.385. The summed E-state index contributed by atoms with van der Waals surface area (Å²) in [5, 5.41) is 2.52. The third-order valence-corrected chi connectivity index (χ3v) is 4.66. The molecule has 2 aromatic heterocycles. The molecule has 0 aliphatic heterocycles. The summed E-state index contributed by atoms with van der Waals surface area (Å²) < 4.78 is 0. The second-order valence-corrected chi connectivity index (χ2v) is 6.11. The maximum absolute atomic E-state index is 12.2. The van der Waals surface area contributed by atoms with Crippen LogP contribution in [0.4, 0.5) is 5.13 Å². The van der Waals surface area contributed by atoms with Gasteiger partial charge >= 0.3 is 0 Å². The van der Waals surface area contributed by atoms with Gasteiger partial charge in [0.05, 0.1) is 17.0 Å². The first-order chi connectivity index (χ1) is 9.15. The van der Waals surface area contributed by atoms with E-state index in [1.165, 1.54) is 11.3 Å². The van der Waals surface area contributed by atoms with Crippen LogP contribution in [0.1, 0.15) is 18.7 Å². The van der Waals surface area contributed by atoms with E-state index >= 15 is 0 Å². The standard InChI is InChI=1S/C13H17N3OS2/c1-3-16(4-2)11(17)8-10-12(15-13(14)19-10)9-6-5-7-18-9/h5-7H,3-4,8H2,1-2H3,(H2,14,15). The van der Waals surface area contributed by atoms with Crippen LogP contribution in [0.5, 0.6) is 0 Å². The molecule has 0 saturated heterocycles. The molecule has 0 aliphatic rings. The fourth-order valence-electron chi connectivity index (χ4n) is 1.92. The zero-order chi connectivity index (χ0) is 13.8. The summed E-state index contributed by atoms with van der Waals surface area (Å²) in [5.41, 5.74) is 6.65. The Labute approximate surface area is 120 Å². The molecule has 0 fully saturated rings. The second-order valence-electron chi connectivity index (χ2n) is 4.04. The Morgan fingerprint density at radius 2 is 2.16 bits per heavy atom. The number of carbonyl (C=O) groups excluding carboxylic acids is 1. The maximum atomic E-state index is 12.2. The van der Waals surface area contributed by atoms with Gasteiger partial charge in [0.2, 0.25) is 5.91 Å². The van der Waals surface area contributed by atoms with Crippen molar-refractivity contribution >= 4 is 33.7 Å². The Morgan fingerprint density at radius 3 is 2.74 bits per heavy atom. The minimum absolute atomic E-state index is 0.131. The first kappa shape index (κ1) is 14.0. The van der Waals surface area contributed by atoms with Crippen molar-refractivity contribution in [2.75, 3.05) is 18.8 Å². The second kappa shape index (κ2) is 6.16. The summed E-state index contributed by atoms with van der Waals surface area (Å²) in [4.78, 5) is 20.4. The van der Waals surface area contributed by atoms with Crippen LogP contribution in [0, 0.1) is 0 Å². The Balaban J connectivity index is 2.24. The highest BCUT2D eigenvalue weighted by Gasteiger charge is 2.18. The largest absolute Gasteiger partial charge is 0.375 e. The van der Waals surface area contributed by atoms with Gasteiger partial charge in [-0.3, -0.25) is 4.79 Å². The molecular formula is C13H17N3OS2. The van der Waals surface area contributed by atoms with Crippen LogP contribution in [0.15, 0.2) is 17.5 Å². The predicted molar refractivity (Wildman–Crippen MR) is 81.5 cm³/mol. The first-order valence-electron chi connectivity index (χ1n) is 6.22. The number of likely N-dealkylation sites (N-methyl/N-ethyl adjacent to an activating group) is 1. The van der Waals surface area contributed by atoms with E-state index in [0.717, 1.165) is 28.5 Å². The lowest BCUT2D eigenvalue weighted by molar-refractivity contribution is -0.130. The SMILES string of the molecule is CCN(CC)C(=O)Cc1sc(N)nc1-c1cccs1. The molecule has 102 valence electrons. The van der Waals surface area contributed by atoms with Crippen LogP contribution in [0.25, 0.3) is 10.6 Å². The molecule has 6 heteroatoms. The van der Waals surface area contributed by atoms with Crippen molar-refractivity contribution in [2.45, 2.75) is 20.3 Å². The molecule has 0 spiro atoms. The third-order valence-electron chi connectivity index (χ3n) is 2.90. The van der Waals surface area contributed by atoms with Gasteiger partial charge in [-0.2, -0.15) is 0 Å². The van der Waals surface area contributed by atoms with Crippen LogP contribution >= 0.6 is 22.7 Å². The number of hydrogen-bond donors (Lipinski definition) is 1. The number of amides is 1. The van der Waals surface area contributed by atoms with Gasteiger partial charge in [0.1, 0.15) is 0 Å². The van der Waals surface area contributed by atoms with Gasteiger partial charge in [-0.05, 0) is 25.3 Å². The van der Waals surface area contributed by atoms with E-state index in [0.29, 0.717) is 11.6 Å². The maximum Gasteiger partial charge on any atom is 0.227 e. The molecule has 0 aliphatic carbocycles. The number of nitrogens with zero attached hydrogens (tertiary/aromatic N) is 2. The van der Waals surface area contributed by atoms with E-state index in [2.05, 4.69) is 4.98 Å². The smallest absolute Gasteiger partial charge is 0.227 e. The van der Waals surface area contributed by atoms with Crippen molar-refractivity contribution in [2.24, 2.45) is 0 Å². The lowest BCUT2D eigenvalue weighted by Crippen LogP contribution is -2.31. The molecule has 2 aromatic rings. The highest BCUT2D eigenvalue weighted by atomic mass is 32.1. The minimum atomic E-state index is 0.131. The Bertz CT molecular complexity index is 544. The fourth-order valence-corrected chi connectivity index (χ4v) is 3.56. The predicted octanol–water partition coefficient (Wildman–Crippen LogP) is 2.86. The summed E-state index contributed by atoms with van der Waals surface area (Å²) in [6.07, 6.45) is 0.379. The number of anilines is 1. The van der Waals surface area contributed by atoms with Gasteiger partial charge in [-0.1, -0.05) is 6.07 Å². The molecule has 0 atom stereocenters. The van der Waals surface area contributed by atoms with Gasteiger partial charge < -0.3 is 10.6 Å². The average Bonchev–Trinajstić information content (AvgIpc) is 3.00. The monoisotopic (exact) mass is 295 g/mol. The molecule has 0 radical (unpaired) electrons. The lowest BCUT2D eigenvalue weighted by Gasteiger charge is -2.18. The summed E-state index contributed by atoms with van der Waals surface area (Å²) in [6.45, 7) is 5.45. The highest BCUT2D eigenvalue weighted by molar-refractivity contribution is 7.17. The van der Waals surface area contributed by atoms with Crippen LogP contribution in [0.2, 0.25) is 0 Å². The molecule has 4 nitrogen and oxygen atoms in total. The Morgan fingerprint density at radius 1 is 1.42 bits per heavy atom. The van der Waals surface area contributed by atoms with Gasteiger partial charge in [-0.25, -0.2) is 4.98 Å². The Kier molecular flexibility index (Phi) is 4.55. The summed E-state index contributed by atoms with van der Waals surface area (Å²) in [6, 6.07) is 3.98. The molecule has 2 heterocycles. The van der Waals surface area contributed by atoms with E-state index in [-0.39, 0.29) is 5.91 Å². The molecule has 19 heavy (non-hydrogen) atoms. The number of aromatic nitrogens is 1. The number of thiazole rings is 1. The van der Waals surface area contributed by atoms with Crippen molar-refractivity contribution in [3.63, 3.8) is 0 Å². The van der Waals surface area contributed by atoms with Crippen LogP contribution in [-0.4, -0.2) is 28.9 Å². The molecule has 2 rings (SSSR count). The normalized spacial score (nSPS) is 10.6. The van der Waals surface area contributed by atoms with E-state index in [9.17, 15) is 4.79 Å². The number of thiophene rings is 1. The van der Waals surface area contributed by atoms with Crippen LogP contribution < -0.4 is 5.73 Å². The van der Waals surface area contributed by atoms with Crippen molar-refractivity contribution in [3.8, 4) is 10.6 Å². The number of nitrogen functional groups attached to an aromatic ring is 1. The van der Waals surface area contributed by atoms with E-state index in [1.54, 1.807) is 11.3 Å². The summed E-state index contributed by atoms with van der Waals surface area (Å²) >= 11 is 3.02. The van der Waals surface area contributed by atoms with E-state index < -0.39 is 0 Å². The van der Waals surface area contributed by atoms with Crippen molar-refractivity contribution < 1.29 is 4.79 Å². The van der Waals surface area contributed by atoms with Crippen LogP contribution in [-0.2, 0) is 11.2 Å². The molecule has 0 bridgehead atoms. The lowest BCUT2D eigenvalue weighted by atomic mass is 10.2. The molecule has 2 N–H and O–H groups in total. The van der Waals surface area contributed by atoms with Gasteiger partial charge in [0, 0.05) is 18.0 Å². The molecular weight excluding hydrogens is 278 g/mol. The summed E-state index contributed by atoms with van der Waals surface area (Å²) in [5.74, 6) is 0.131. The minimum Gasteiger partial charge on any atom is -0.375 e. The first-order valence-corrected chi connectivity index (χ1v) is 7.92. The van der Waals surface area contributed by atoms with Gasteiger partial charge in [0.15, 0.2) is 5.13 Å². The van der Waals surface area contributed by atoms with Crippen molar-refractivity contribution in [1.82, 2.24) is 9.88 Å². The van der Waals surface area contributed by atoms with E-state index in [1.807, 2.05) is 36.3 Å². The van der Waals surface area contributed by atoms with Gasteiger partial charge in [0.25, 0.3) is 0 Å². The third kappa shape index (κ3) is 3.13. The molecule has 0 aromatic carbocycles. The molecule has 0 saturated carbocycles. The van der Waals surface area contributed by atoms with Crippen LogP contribution in [0.3, 0.4) is 0 Å². The van der Waals surface area contributed by atoms with Crippen molar-refractivity contribution in [1.29, 1.82) is 0 Å². The number of carbonyl (C=O) groups is 1. The topological polar surface area (TPSA) is 59.2 Å².